The maximum absolute atomic E-state index is 11.5. The van der Waals surface area contributed by atoms with Crippen molar-refractivity contribution >= 4 is 22.8 Å². The number of aromatic amines is 1. The number of aromatic nitrogens is 2. The number of carboxylic acids is 1. The summed E-state index contributed by atoms with van der Waals surface area (Å²) in [4.78, 5) is 29.2. The highest BCUT2D eigenvalue weighted by Gasteiger charge is 2.20. The zero-order valence-electron chi connectivity index (χ0n) is 11.1. The van der Waals surface area contributed by atoms with E-state index in [1.165, 1.54) is 12.5 Å². The van der Waals surface area contributed by atoms with E-state index in [2.05, 4.69) is 20.6 Å². The van der Waals surface area contributed by atoms with E-state index in [9.17, 15) is 13.8 Å². The van der Waals surface area contributed by atoms with Gasteiger partial charge in [0.05, 0.1) is 6.33 Å². The van der Waals surface area contributed by atoms with Gasteiger partial charge < -0.3 is 20.7 Å². The molecule has 1 aromatic rings. The average Bonchev–Trinajstić information content (AvgIpc) is 2.90. The number of aliphatic carboxylic acids is 1. The van der Waals surface area contributed by atoms with Crippen molar-refractivity contribution in [1.82, 2.24) is 20.6 Å². The topological polar surface area (TPSA) is 124 Å². The highest BCUT2D eigenvalue weighted by Crippen LogP contribution is 1.98. The van der Waals surface area contributed by atoms with Gasteiger partial charge in [0.1, 0.15) is 6.04 Å². The number of H-pyrrole nitrogens is 1. The fraction of sp³-hybridized carbons (Fsp3) is 0.545. The largest absolute Gasteiger partial charge is 0.480 e. The normalized spacial score (nSPS) is 13.4. The van der Waals surface area contributed by atoms with Gasteiger partial charge in [-0.1, -0.05) is 6.92 Å². The highest BCUT2D eigenvalue weighted by molar-refractivity contribution is 7.84. The van der Waals surface area contributed by atoms with Gasteiger partial charge in [-0.3, -0.25) is 4.21 Å². The molecule has 0 aliphatic rings. The van der Waals surface area contributed by atoms with Gasteiger partial charge >= 0.3 is 12.0 Å². The van der Waals surface area contributed by atoms with Crippen molar-refractivity contribution in [3.8, 4) is 0 Å². The molecule has 0 aliphatic carbocycles. The highest BCUT2D eigenvalue weighted by atomic mass is 32.2. The Balaban J connectivity index is 2.39. The maximum Gasteiger partial charge on any atom is 0.326 e. The van der Waals surface area contributed by atoms with Crippen molar-refractivity contribution in [3.63, 3.8) is 0 Å². The molecule has 9 heteroatoms. The van der Waals surface area contributed by atoms with E-state index in [1.54, 1.807) is 6.92 Å². The van der Waals surface area contributed by atoms with Gasteiger partial charge in [0.25, 0.3) is 0 Å². The Hall–Kier alpha value is -1.90. The number of urea groups is 1. The predicted molar refractivity (Wildman–Crippen MR) is 73.8 cm³/mol. The molecule has 112 valence electrons. The molecule has 0 aliphatic heterocycles. The molecule has 2 atom stereocenters. The molecule has 0 spiro atoms. The number of rotatable bonds is 8. The molecule has 1 aromatic heterocycles. The summed E-state index contributed by atoms with van der Waals surface area (Å²) in [5, 5.41) is 13.9. The first kappa shape index (κ1) is 16.2. The van der Waals surface area contributed by atoms with Crippen LogP contribution in [0.4, 0.5) is 4.79 Å². The van der Waals surface area contributed by atoms with E-state index in [-0.39, 0.29) is 13.0 Å². The number of hydrogen-bond acceptors (Lipinski definition) is 4. The number of amides is 2. The lowest BCUT2D eigenvalue weighted by Crippen LogP contribution is -2.47. The first-order valence-corrected chi connectivity index (χ1v) is 7.61. The predicted octanol–water partition coefficient (Wildman–Crippen LogP) is -0.527. The summed E-state index contributed by atoms with van der Waals surface area (Å²) in [5.74, 6) is -0.254. The minimum absolute atomic E-state index is 0.115. The van der Waals surface area contributed by atoms with Gasteiger partial charge in [0, 0.05) is 47.2 Å². The molecule has 0 aromatic carbocycles. The van der Waals surface area contributed by atoms with Crippen LogP contribution in [0.1, 0.15) is 12.6 Å². The van der Waals surface area contributed by atoms with E-state index in [0.29, 0.717) is 17.2 Å². The molecule has 2 amide bonds. The lowest BCUT2D eigenvalue weighted by molar-refractivity contribution is -0.139. The number of carboxylic acid groups (broad SMARTS) is 1. The van der Waals surface area contributed by atoms with Gasteiger partial charge in [-0.25, -0.2) is 14.6 Å². The van der Waals surface area contributed by atoms with Gasteiger partial charge in [0.2, 0.25) is 0 Å². The standard InChI is InChI=1S/C11H18N4O4S/c1-2-20(19)4-3-13-11(18)15-9(10(16)17)5-8-6-12-7-14-8/h6-7,9H,2-5H2,1H3,(H,12,14)(H,16,17)(H2,13,15,18). The second-order valence-corrected chi connectivity index (χ2v) is 5.87. The quantitative estimate of drug-likeness (QED) is 0.514. The smallest absolute Gasteiger partial charge is 0.326 e. The molecular weight excluding hydrogens is 284 g/mol. The monoisotopic (exact) mass is 302 g/mol. The fourth-order valence-electron chi connectivity index (χ4n) is 1.45. The van der Waals surface area contributed by atoms with Crippen molar-refractivity contribution in [2.24, 2.45) is 0 Å². The molecule has 1 heterocycles. The van der Waals surface area contributed by atoms with Gasteiger partial charge in [-0.2, -0.15) is 0 Å². The number of carbonyl (C=O) groups excluding carboxylic acids is 1. The van der Waals surface area contributed by atoms with E-state index in [4.69, 9.17) is 5.11 Å². The number of nitrogens with zero attached hydrogens (tertiary/aromatic N) is 1. The molecule has 2 unspecified atom stereocenters. The first-order chi connectivity index (χ1) is 9.52. The van der Waals surface area contributed by atoms with Gasteiger partial charge in [-0.05, 0) is 0 Å². The minimum atomic E-state index is -1.13. The van der Waals surface area contributed by atoms with Crippen LogP contribution in [-0.2, 0) is 22.0 Å². The van der Waals surface area contributed by atoms with Crippen LogP contribution in [0.2, 0.25) is 0 Å². The Morgan fingerprint density at radius 3 is 2.85 bits per heavy atom. The second-order valence-electron chi connectivity index (χ2n) is 4.00. The SMILES string of the molecule is CCS(=O)CCNC(=O)NC(Cc1cnc[nH]1)C(=O)O. The van der Waals surface area contributed by atoms with Gasteiger partial charge in [-0.15, -0.1) is 0 Å². The Morgan fingerprint density at radius 1 is 1.55 bits per heavy atom. The molecule has 8 nitrogen and oxygen atoms in total. The molecule has 4 N–H and O–H groups in total. The van der Waals surface area contributed by atoms with Crippen molar-refractivity contribution in [2.75, 3.05) is 18.1 Å². The van der Waals surface area contributed by atoms with Crippen LogP contribution in [0.3, 0.4) is 0 Å². The number of carbonyl (C=O) groups is 2. The van der Waals surface area contributed by atoms with E-state index >= 15 is 0 Å². The molecule has 0 saturated carbocycles. The van der Waals surface area contributed by atoms with E-state index in [1.807, 2.05) is 0 Å². The van der Waals surface area contributed by atoms with Crippen molar-refractivity contribution < 1.29 is 18.9 Å². The molecule has 0 radical (unpaired) electrons. The van der Waals surface area contributed by atoms with E-state index < -0.39 is 28.8 Å². The summed E-state index contributed by atoms with van der Waals surface area (Å²) in [5.41, 5.74) is 0.616. The first-order valence-electron chi connectivity index (χ1n) is 6.12. The Morgan fingerprint density at radius 2 is 2.30 bits per heavy atom. The van der Waals surface area contributed by atoms with Crippen LogP contribution in [0.5, 0.6) is 0 Å². The lowest BCUT2D eigenvalue weighted by Gasteiger charge is -2.14. The third-order valence-electron chi connectivity index (χ3n) is 2.52. The summed E-state index contributed by atoms with van der Waals surface area (Å²) < 4.78 is 11.2. The lowest BCUT2D eigenvalue weighted by atomic mass is 10.2. The van der Waals surface area contributed by atoms with Crippen LogP contribution in [0.15, 0.2) is 12.5 Å². The second kappa shape index (κ2) is 8.31. The summed E-state index contributed by atoms with van der Waals surface area (Å²) >= 11 is 0. The van der Waals surface area contributed by atoms with Crippen molar-refractivity contribution in [2.45, 2.75) is 19.4 Å². The zero-order chi connectivity index (χ0) is 15.0. The van der Waals surface area contributed by atoms with Crippen LogP contribution < -0.4 is 10.6 Å². The number of hydrogen-bond donors (Lipinski definition) is 4. The molecule has 20 heavy (non-hydrogen) atoms. The molecule has 0 saturated heterocycles. The average molecular weight is 302 g/mol. The Kier molecular flexibility index (Phi) is 6.71. The molecule has 0 fully saturated rings. The zero-order valence-corrected chi connectivity index (χ0v) is 11.9. The van der Waals surface area contributed by atoms with Crippen LogP contribution in [0.25, 0.3) is 0 Å². The van der Waals surface area contributed by atoms with Gasteiger partial charge in [0.15, 0.2) is 0 Å². The Labute approximate surface area is 118 Å². The Bertz CT molecular complexity index is 463. The number of nitrogens with one attached hydrogen (secondary N) is 3. The minimum Gasteiger partial charge on any atom is -0.480 e. The summed E-state index contributed by atoms with van der Waals surface area (Å²) in [6.45, 7) is 2.03. The molecule has 0 bridgehead atoms. The van der Waals surface area contributed by atoms with Crippen LogP contribution >= 0.6 is 0 Å². The summed E-state index contributed by atoms with van der Waals surface area (Å²) in [6.07, 6.45) is 3.05. The summed E-state index contributed by atoms with van der Waals surface area (Å²) in [7, 11) is -0.963. The number of imidazole rings is 1. The van der Waals surface area contributed by atoms with Crippen molar-refractivity contribution in [1.29, 1.82) is 0 Å². The van der Waals surface area contributed by atoms with Crippen LogP contribution in [-0.4, -0.2) is 55.4 Å². The summed E-state index contributed by atoms with van der Waals surface area (Å²) in [6, 6.07) is -1.64. The molecular formula is C11H18N4O4S. The third kappa shape index (κ3) is 5.83. The van der Waals surface area contributed by atoms with Crippen LogP contribution in [0, 0.1) is 0 Å². The maximum atomic E-state index is 11.5. The third-order valence-corrected chi connectivity index (χ3v) is 3.82. The van der Waals surface area contributed by atoms with Crippen molar-refractivity contribution in [3.05, 3.63) is 18.2 Å². The fourth-order valence-corrected chi connectivity index (χ4v) is 2.07. The van der Waals surface area contributed by atoms with E-state index in [0.717, 1.165) is 0 Å². The molecule has 1 rings (SSSR count).